The molecule has 0 fully saturated rings. The molecule has 1 aromatic carbocycles. The number of halogens is 4. The van der Waals surface area contributed by atoms with Crippen molar-refractivity contribution in [3.05, 3.63) is 39.7 Å². The quantitative estimate of drug-likeness (QED) is 0.651. The molecule has 1 aromatic heterocycles. The smallest absolute Gasteiger partial charge is 0.417 e. The maximum absolute atomic E-state index is 13.2. The minimum absolute atomic E-state index is 0.0885. The number of carbonyl (C=O) groups excluding carboxylic acids is 1. The van der Waals surface area contributed by atoms with E-state index in [4.69, 9.17) is 17.3 Å². The molecule has 8 heteroatoms. The molecule has 0 atom stereocenters. The maximum Gasteiger partial charge on any atom is 0.417 e. The molecule has 0 spiro atoms. The molecule has 0 aliphatic rings. The summed E-state index contributed by atoms with van der Waals surface area (Å²) in [5.74, 6) is -0.922. The molecular weight excluding hydrogens is 327 g/mol. The van der Waals surface area contributed by atoms with Gasteiger partial charge in [-0.15, -0.1) is 11.3 Å². The topological polar surface area (TPSA) is 52.3 Å². The van der Waals surface area contributed by atoms with Crippen LogP contribution in [-0.4, -0.2) is 13.1 Å². The fourth-order valence-corrected chi connectivity index (χ4v) is 2.90. The van der Waals surface area contributed by atoms with Crippen molar-refractivity contribution in [1.82, 2.24) is 0 Å². The van der Waals surface area contributed by atoms with E-state index in [0.29, 0.717) is 16.0 Å². The third-order valence-corrected chi connectivity index (χ3v) is 4.04. The first-order valence-corrected chi connectivity index (χ1v) is 6.83. The Kier molecular flexibility index (Phi) is 4.15. The highest BCUT2D eigenvalue weighted by atomic mass is 35.5. The van der Waals surface area contributed by atoms with E-state index in [2.05, 4.69) is 4.74 Å². The zero-order valence-corrected chi connectivity index (χ0v) is 12.2. The molecular formula is C13H9ClF3NO2S. The van der Waals surface area contributed by atoms with Crippen molar-refractivity contribution in [2.24, 2.45) is 0 Å². The molecule has 2 rings (SSSR count). The van der Waals surface area contributed by atoms with Crippen LogP contribution in [0.15, 0.2) is 23.6 Å². The van der Waals surface area contributed by atoms with Gasteiger partial charge in [-0.25, -0.2) is 4.79 Å². The molecule has 112 valence electrons. The van der Waals surface area contributed by atoms with Crippen molar-refractivity contribution in [2.45, 2.75) is 6.18 Å². The SMILES string of the molecule is COC(=O)c1cc(C(F)(F)F)c(-c2cc(Cl)cs2)cc1N. The van der Waals surface area contributed by atoms with Gasteiger partial charge in [0.25, 0.3) is 0 Å². The average Bonchev–Trinajstić information content (AvgIpc) is 2.82. The number of benzene rings is 1. The van der Waals surface area contributed by atoms with Gasteiger partial charge in [0.2, 0.25) is 0 Å². The zero-order valence-electron chi connectivity index (χ0n) is 10.6. The molecule has 1 heterocycles. The Morgan fingerprint density at radius 3 is 2.48 bits per heavy atom. The molecule has 0 bridgehead atoms. The minimum Gasteiger partial charge on any atom is -0.465 e. The average molecular weight is 336 g/mol. The lowest BCUT2D eigenvalue weighted by Crippen LogP contribution is -2.12. The molecule has 0 radical (unpaired) electrons. The van der Waals surface area contributed by atoms with Gasteiger partial charge in [-0.1, -0.05) is 11.6 Å². The molecule has 3 nitrogen and oxygen atoms in total. The summed E-state index contributed by atoms with van der Waals surface area (Å²) in [6.45, 7) is 0. The number of hydrogen-bond acceptors (Lipinski definition) is 4. The second-order valence-electron chi connectivity index (χ2n) is 4.10. The molecule has 0 unspecified atom stereocenters. The summed E-state index contributed by atoms with van der Waals surface area (Å²) in [5.41, 5.74) is 4.16. The molecule has 2 N–H and O–H groups in total. The number of carbonyl (C=O) groups is 1. The highest BCUT2D eigenvalue weighted by Crippen LogP contribution is 2.42. The van der Waals surface area contributed by atoms with Gasteiger partial charge in [-0.3, -0.25) is 0 Å². The summed E-state index contributed by atoms with van der Waals surface area (Å²) in [6.07, 6.45) is -4.64. The highest BCUT2D eigenvalue weighted by molar-refractivity contribution is 7.14. The number of thiophene rings is 1. The van der Waals surface area contributed by atoms with E-state index in [1.807, 2.05) is 0 Å². The predicted molar refractivity (Wildman–Crippen MR) is 75.5 cm³/mol. The van der Waals surface area contributed by atoms with E-state index < -0.39 is 17.7 Å². The first kappa shape index (κ1) is 15.7. The van der Waals surface area contributed by atoms with Crippen LogP contribution in [0.5, 0.6) is 0 Å². The van der Waals surface area contributed by atoms with Crippen LogP contribution in [0.25, 0.3) is 10.4 Å². The van der Waals surface area contributed by atoms with Gasteiger partial charge in [-0.05, 0) is 18.2 Å². The number of rotatable bonds is 2. The number of alkyl halides is 3. The van der Waals surface area contributed by atoms with Crippen molar-refractivity contribution in [2.75, 3.05) is 12.8 Å². The third kappa shape index (κ3) is 3.14. The fraction of sp³-hybridized carbons (Fsp3) is 0.154. The van der Waals surface area contributed by atoms with E-state index >= 15 is 0 Å². The molecule has 0 amide bonds. The van der Waals surface area contributed by atoms with Gasteiger partial charge in [-0.2, -0.15) is 13.2 Å². The Bertz CT molecular complexity index is 697. The van der Waals surface area contributed by atoms with Crippen LogP contribution in [0, 0.1) is 0 Å². The van der Waals surface area contributed by atoms with Crippen LogP contribution in [0.2, 0.25) is 5.02 Å². The molecule has 0 aliphatic heterocycles. The molecule has 0 saturated heterocycles. The molecule has 2 aromatic rings. The monoisotopic (exact) mass is 335 g/mol. The standard InChI is InChI=1S/C13H9ClF3NO2S/c1-20-12(19)8-3-9(13(15,16)17)7(4-10(8)18)11-2-6(14)5-21-11/h2-5H,18H2,1H3. The van der Waals surface area contributed by atoms with Gasteiger partial charge in [0.15, 0.2) is 0 Å². The van der Waals surface area contributed by atoms with Crippen LogP contribution in [0.1, 0.15) is 15.9 Å². The number of ether oxygens (including phenoxy) is 1. The van der Waals surface area contributed by atoms with Crippen molar-refractivity contribution in [1.29, 1.82) is 0 Å². The predicted octanol–water partition coefficient (Wildman–Crippen LogP) is 4.46. The van der Waals surface area contributed by atoms with Gasteiger partial charge >= 0.3 is 12.1 Å². The summed E-state index contributed by atoms with van der Waals surface area (Å²) in [5, 5.41) is 1.85. The van der Waals surface area contributed by atoms with Crippen molar-refractivity contribution in [3.8, 4) is 10.4 Å². The van der Waals surface area contributed by atoms with Crippen molar-refractivity contribution in [3.63, 3.8) is 0 Å². The summed E-state index contributed by atoms with van der Waals surface area (Å²) in [7, 11) is 1.07. The maximum atomic E-state index is 13.2. The van der Waals surface area contributed by atoms with Gasteiger partial charge in [0.05, 0.1) is 23.3 Å². The summed E-state index contributed by atoms with van der Waals surface area (Å²) >= 11 is 6.80. The largest absolute Gasteiger partial charge is 0.465 e. The zero-order chi connectivity index (χ0) is 15.8. The van der Waals surface area contributed by atoms with Crippen molar-refractivity contribution >= 4 is 34.6 Å². The second-order valence-corrected chi connectivity index (χ2v) is 5.45. The van der Waals surface area contributed by atoms with E-state index in [9.17, 15) is 18.0 Å². The number of nitrogen functional groups attached to an aromatic ring is 1. The Morgan fingerprint density at radius 1 is 1.33 bits per heavy atom. The first-order chi connectivity index (χ1) is 9.74. The Hall–Kier alpha value is -1.73. The van der Waals surface area contributed by atoms with E-state index in [0.717, 1.165) is 24.5 Å². The summed E-state index contributed by atoms with van der Waals surface area (Å²) < 4.78 is 44.0. The van der Waals surface area contributed by atoms with Gasteiger partial charge < -0.3 is 10.5 Å². The van der Waals surface area contributed by atoms with Gasteiger partial charge in [0.1, 0.15) is 0 Å². The fourth-order valence-electron chi connectivity index (χ4n) is 1.80. The van der Waals surface area contributed by atoms with Gasteiger partial charge in [0, 0.05) is 21.5 Å². The summed E-state index contributed by atoms with van der Waals surface area (Å²) in [6, 6.07) is 3.22. The van der Waals surface area contributed by atoms with Crippen molar-refractivity contribution < 1.29 is 22.7 Å². The minimum atomic E-state index is -4.64. The Labute approximate surface area is 127 Å². The van der Waals surface area contributed by atoms with Crippen LogP contribution < -0.4 is 5.73 Å². The Morgan fingerprint density at radius 2 is 2.00 bits per heavy atom. The van der Waals surface area contributed by atoms with Crippen LogP contribution >= 0.6 is 22.9 Å². The van der Waals surface area contributed by atoms with E-state index in [-0.39, 0.29) is 16.8 Å². The van der Waals surface area contributed by atoms with Crippen LogP contribution in [-0.2, 0) is 10.9 Å². The lowest BCUT2D eigenvalue weighted by atomic mass is 10.0. The first-order valence-electron chi connectivity index (χ1n) is 5.57. The van der Waals surface area contributed by atoms with E-state index in [1.54, 1.807) is 0 Å². The van der Waals surface area contributed by atoms with Crippen LogP contribution in [0.3, 0.4) is 0 Å². The normalized spacial score (nSPS) is 11.5. The highest BCUT2D eigenvalue weighted by Gasteiger charge is 2.35. The molecule has 21 heavy (non-hydrogen) atoms. The number of anilines is 1. The lowest BCUT2D eigenvalue weighted by Gasteiger charge is -2.15. The number of hydrogen-bond donors (Lipinski definition) is 1. The molecule has 0 aliphatic carbocycles. The number of methoxy groups -OCH3 is 1. The second kappa shape index (κ2) is 5.57. The van der Waals surface area contributed by atoms with E-state index in [1.165, 1.54) is 11.4 Å². The number of esters is 1. The van der Waals surface area contributed by atoms with Crippen LogP contribution in [0.4, 0.5) is 18.9 Å². The Balaban J connectivity index is 2.70. The third-order valence-electron chi connectivity index (χ3n) is 2.73. The molecule has 0 saturated carbocycles. The number of nitrogens with two attached hydrogens (primary N) is 1. The summed E-state index contributed by atoms with van der Waals surface area (Å²) in [4.78, 5) is 11.8. The lowest BCUT2D eigenvalue weighted by molar-refractivity contribution is -0.137.